The molecule has 0 radical (unpaired) electrons. The predicted molar refractivity (Wildman–Crippen MR) is 159 cm³/mol. The van der Waals surface area contributed by atoms with Crippen LogP contribution < -0.4 is 5.32 Å². The van der Waals surface area contributed by atoms with Crippen LogP contribution in [0, 0.1) is 56.2 Å². The number of rotatable bonds is 4. The van der Waals surface area contributed by atoms with Gasteiger partial charge in [-0.15, -0.1) is 0 Å². The second-order valence-corrected chi connectivity index (χ2v) is 17.3. The van der Waals surface area contributed by atoms with E-state index < -0.39 is 17.4 Å². The minimum atomic E-state index is -0.939. The number of nitrogens with one attached hydrogen (secondary N) is 1. The van der Waals surface area contributed by atoms with Gasteiger partial charge in [0, 0.05) is 0 Å². The molecule has 5 aliphatic rings. The highest BCUT2D eigenvalue weighted by Crippen LogP contribution is 2.75. The number of aliphatic hydroxyl groups is 1. The van der Waals surface area contributed by atoms with Crippen LogP contribution in [0.4, 0.5) is 0 Å². The lowest BCUT2D eigenvalue weighted by molar-refractivity contribution is -0.203. The molecule has 4 fully saturated rings. The van der Waals surface area contributed by atoms with Crippen LogP contribution in [-0.2, 0) is 9.59 Å². The minimum Gasteiger partial charge on any atom is -0.480 e. The van der Waals surface area contributed by atoms with Gasteiger partial charge in [0.25, 0.3) is 0 Å². The first-order valence-electron chi connectivity index (χ1n) is 16.3. The van der Waals surface area contributed by atoms with Crippen molar-refractivity contribution >= 4 is 11.9 Å². The molecule has 9 atom stereocenters. The van der Waals surface area contributed by atoms with Crippen molar-refractivity contribution in [3.05, 3.63) is 11.6 Å². The van der Waals surface area contributed by atoms with Crippen LogP contribution in [0.5, 0.6) is 0 Å². The first-order chi connectivity index (χ1) is 18.4. The van der Waals surface area contributed by atoms with Gasteiger partial charge in [0.2, 0.25) is 5.91 Å². The van der Waals surface area contributed by atoms with E-state index in [1.165, 1.54) is 12.0 Å². The van der Waals surface area contributed by atoms with E-state index in [0.29, 0.717) is 11.8 Å². The van der Waals surface area contributed by atoms with Gasteiger partial charge in [0.1, 0.15) is 6.04 Å². The van der Waals surface area contributed by atoms with E-state index >= 15 is 0 Å². The Morgan fingerprint density at radius 3 is 2.17 bits per heavy atom. The highest BCUT2D eigenvalue weighted by Gasteiger charge is 2.69. The molecule has 0 unspecified atom stereocenters. The molecule has 0 saturated heterocycles. The van der Waals surface area contributed by atoms with Gasteiger partial charge in [-0.25, -0.2) is 4.79 Å². The molecule has 3 N–H and O–H groups in total. The van der Waals surface area contributed by atoms with E-state index in [1.54, 1.807) is 0 Å². The van der Waals surface area contributed by atoms with Crippen molar-refractivity contribution in [2.45, 2.75) is 139 Å². The monoisotopic (exact) mass is 555 g/mol. The Morgan fingerprint density at radius 1 is 0.900 bits per heavy atom. The van der Waals surface area contributed by atoms with E-state index in [2.05, 4.69) is 59.9 Å². The Kier molecular flexibility index (Phi) is 7.01. The lowest BCUT2D eigenvalue weighted by atomic mass is 9.33. The van der Waals surface area contributed by atoms with Crippen LogP contribution in [-0.4, -0.2) is 34.2 Å². The number of aliphatic carboxylic acids is 1. The highest BCUT2D eigenvalue weighted by molar-refractivity contribution is 5.88. The Balaban J connectivity index is 1.56. The molecule has 5 aliphatic carbocycles. The van der Waals surface area contributed by atoms with E-state index in [9.17, 15) is 19.8 Å². The molecule has 1 amide bonds. The Labute approximate surface area is 243 Å². The number of carboxylic acids is 1. The first-order valence-corrected chi connectivity index (χ1v) is 16.3. The average Bonchev–Trinajstić information content (AvgIpc) is 2.84. The lowest BCUT2D eigenvalue weighted by Crippen LogP contribution is -2.66. The fourth-order valence-electron chi connectivity index (χ4n) is 11.4. The Morgan fingerprint density at radius 2 is 1.55 bits per heavy atom. The third kappa shape index (κ3) is 4.02. The molecular formula is C35H57NO4. The molecule has 4 saturated carbocycles. The molecule has 0 heterocycles. The molecule has 5 heteroatoms. The van der Waals surface area contributed by atoms with Crippen molar-refractivity contribution in [2.75, 3.05) is 0 Å². The van der Waals surface area contributed by atoms with E-state index in [-0.39, 0.29) is 50.9 Å². The van der Waals surface area contributed by atoms with E-state index in [1.807, 2.05) is 13.8 Å². The van der Waals surface area contributed by atoms with Gasteiger partial charge in [-0.05, 0) is 115 Å². The quantitative estimate of drug-likeness (QED) is 0.316. The number of hydrogen-bond donors (Lipinski definition) is 3. The second kappa shape index (κ2) is 9.32. The summed E-state index contributed by atoms with van der Waals surface area (Å²) >= 11 is 0. The third-order valence-electron chi connectivity index (χ3n) is 14.3. The number of fused-ring (bicyclic) bond motifs is 7. The maximum atomic E-state index is 14.2. The number of carbonyl (C=O) groups is 2. The van der Waals surface area contributed by atoms with Gasteiger partial charge in [-0.1, -0.05) is 74.0 Å². The standard InChI is InChI=1S/C35H57NO4/c1-21(2)27(28(38)39)36-29(40)35-18-16-30(3,4)20-23(35)22-10-11-25-32(7)14-13-26(37)31(5,6)24(32)12-15-34(25,9)33(22,8)17-19-35/h10,21,23-27,37H,11-20H2,1-9H3,(H,36,40)(H,38,39)/t23-,24+,25-,26+,27-,32+,33-,34-,35+/m1/s1. The summed E-state index contributed by atoms with van der Waals surface area (Å²) in [7, 11) is 0. The number of hydrogen-bond acceptors (Lipinski definition) is 3. The number of carboxylic acid groups (broad SMARTS) is 1. The van der Waals surface area contributed by atoms with Gasteiger partial charge in [0.05, 0.1) is 11.5 Å². The zero-order valence-corrected chi connectivity index (χ0v) is 26.8. The molecule has 0 aromatic carbocycles. The summed E-state index contributed by atoms with van der Waals surface area (Å²) in [4.78, 5) is 26.3. The molecule has 226 valence electrons. The summed E-state index contributed by atoms with van der Waals surface area (Å²) in [6.07, 6.45) is 12.4. The largest absolute Gasteiger partial charge is 0.480 e. The summed E-state index contributed by atoms with van der Waals surface area (Å²) < 4.78 is 0. The fourth-order valence-corrected chi connectivity index (χ4v) is 11.4. The second-order valence-electron chi connectivity index (χ2n) is 17.3. The summed E-state index contributed by atoms with van der Waals surface area (Å²) in [6.45, 7) is 20.7. The third-order valence-corrected chi connectivity index (χ3v) is 14.3. The van der Waals surface area contributed by atoms with Crippen LogP contribution in [0.1, 0.15) is 127 Å². The highest BCUT2D eigenvalue weighted by atomic mass is 16.4. The van der Waals surface area contributed by atoms with Crippen LogP contribution in [0.15, 0.2) is 11.6 Å². The van der Waals surface area contributed by atoms with Crippen LogP contribution >= 0.6 is 0 Å². The van der Waals surface area contributed by atoms with Crippen molar-refractivity contribution in [3.63, 3.8) is 0 Å². The zero-order valence-electron chi connectivity index (χ0n) is 26.8. The smallest absolute Gasteiger partial charge is 0.326 e. The number of aliphatic hydroxyl groups excluding tert-OH is 1. The summed E-state index contributed by atoms with van der Waals surface area (Å²) in [5, 5.41) is 23.9. The number of allylic oxidation sites excluding steroid dienone is 2. The van der Waals surface area contributed by atoms with E-state index in [0.717, 1.165) is 57.8 Å². The SMILES string of the molecule is CC(C)[C@@H](NC(=O)[C@]12CCC(C)(C)C[C@@H]1C1=CC[C@@H]3[C@@]4(C)CC[C@H](O)C(C)(C)[C@@H]4CC[C@@]3(C)[C@]1(C)CC2)C(=O)O. The Bertz CT molecular complexity index is 1090. The zero-order chi connectivity index (χ0) is 29.7. The molecule has 0 aliphatic heterocycles. The summed E-state index contributed by atoms with van der Waals surface area (Å²) in [5.74, 6) is 0.118. The molecule has 0 aromatic rings. The van der Waals surface area contributed by atoms with Crippen molar-refractivity contribution in [3.8, 4) is 0 Å². The van der Waals surface area contributed by atoms with Crippen LogP contribution in [0.2, 0.25) is 0 Å². The fraction of sp³-hybridized carbons (Fsp3) is 0.886. The topological polar surface area (TPSA) is 86.6 Å². The van der Waals surface area contributed by atoms with Crippen molar-refractivity contribution in [1.82, 2.24) is 5.32 Å². The maximum absolute atomic E-state index is 14.2. The molecule has 0 aromatic heterocycles. The number of amides is 1. The van der Waals surface area contributed by atoms with Gasteiger partial charge in [0.15, 0.2) is 0 Å². The normalized spacial score (nSPS) is 46.1. The van der Waals surface area contributed by atoms with Crippen molar-refractivity contribution in [2.24, 2.45) is 56.2 Å². The maximum Gasteiger partial charge on any atom is 0.326 e. The van der Waals surface area contributed by atoms with Gasteiger partial charge in [-0.3, -0.25) is 4.79 Å². The Hall–Kier alpha value is -1.36. The van der Waals surface area contributed by atoms with Crippen molar-refractivity contribution < 1.29 is 19.8 Å². The summed E-state index contributed by atoms with van der Waals surface area (Å²) in [6, 6.07) is -0.853. The molecule has 5 rings (SSSR count). The van der Waals surface area contributed by atoms with Gasteiger partial charge >= 0.3 is 5.97 Å². The average molecular weight is 556 g/mol. The van der Waals surface area contributed by atoms with E-state index in [4.69, 9.17) is 0 Å². The lowest BCUT2D eigenvalue weighted by Gasteiger charge is -2.71. The van der Waals surface area contributed by atoms with Crippen molar-refractivity contribution in [1.29, 1.82) is 0 Å². The van der Waals surface area contributed by atoms with Crippen LogP contribution in [0.3, 0.4) is 0 Å². The molecule has 5 nitrogen and oxygen atoms in total. The first kappa shape index (κ1) is 30.1. The van der Waals surface area contributed by atoms with Crippen LogP contribution in [0.25, 0.3) is 0 Å². The molecule has 0 spiro atoms. The minimum absolute atomic E-state index is 0.0240. The molecule has 40 heavy (non-hydrogen) atoms. The summed E-state index contributed by atoms with van der Waals surface area (Å²) in [5.41, 5.74) is 1.44. The van der Waals surface area contributed by atoms with Gasteiger partial charge in [-0.2, -0.15) is 0 Å². The number of carbonyl (C=O) groups excluding carboxylic acids is 1. The molecular weight excluding hydrogens is 498 g/mol. The van der Waals surface area contributed by atoms with Gasteiger partial charge < -0.3 is 15.5 Å². The predicted octanol–water partition coefficient (Wildman–Crippen LogP) is 7.37. The molecule has 0 bridgehead atoms.